The van der Waals surface area contributed by atoms with E-state index < -0.39 is 8.56 Å². The van der Waals surface area contributed by atoms with Crippen molar-refractivity contribution in [2.75, 3.05) is 52.9 Å². The van der Waals surface area contributed by atoms with E-state index in [1.165, 1.54) is 0 Å². The molecule has 160 valence electrons. The molecular weight excluding hydrogens is 364 g/mol. The molecule has 2 saturated heterocycles. The van der Waals surface area contributed by atoms with Crippen molar-refractivity contribution in [1.29, 1.82) is 0 Å². The minimum atomic E-state index is -2.22. The molecule has 0 saturated carbocycles. The number of epoxide rings is 2. The van der Waals surface area contributed by atoms with Crippen LogP contribution in [0.5, 0.6) is 0 Å². The van der Waals surface area contributed by atoms with Crippen LogP contribution < -0.4 is 0 Å². The van der Waals surface area contributed by atoms with E-state index in [9.17, 15) is 0 Å². The largest absolute Gasteiger partial charge is 0.394 e. The first-order valence-electron chi connectivity index (χ1n) is 10.9. The highest BCUT2D eigenvalue weighted by atomic mass is 28.4. The third-order valence-electron chi connectivity index (χ3n) is 4.83. The molecule has 2 heterocycles. The van der Waals surface area contributed by atoms with Crippen LogP contribution in [-0.4, -0.2) is 73.6 Å². The van der Waals surface area contributed by atoms with Crippen LogP contribution in [0.1, 0.15) is 52.4 Å². The zero-order chi connectivity index (χ0) is 19.2. The SMILES string of the molecule is CCCCO[Si](CCCOC[C@H]1CO1)(CCCOC[C@H]1CO1)OCCCC. The van der Waals surface area contributed by atoms with Crippen LogP contribution in [0.3, 0.4) is 0 Å². The molecular formula is C20H40O6Si. The molecule has 0 bridgehead atoms. The summed E-state index contributed by atoms with van der Waals surface area (Å²) in [5.74, 6) is 0. The molecule has 2 fully saturated rings. The molecule has 2 aliphatic rings. The van der Waals surface area contributed by atoms with Gasteiger partial charge in [0.2, 0.25) is 0 Å². The molecule has 0 amide bonds. The molecule has 7 heteroatoms. The van der Waals surface area contributed by atoms with E-state index in [0.29, 0.717) is 12.2 Å². The summed E-state index contributed by atoms with van der Waals surface area (Å²) in [5.41, 5.74) is 0. The van der Waals surface area contributed by atoms with Gasteiger partial charge in [0.05, 0.1) is 26.4 Å². The van der Waals surface area contributed by atoms with Crippen LogP contribution >= 0.6 is 0 Å². The monoisotopic (exact) mass is 404 g/mol. The van der Waals surface area contributed by atoms with Crippen molar-refractivity contribution in [3.8, 4) is 0 Å². The van der Waals surface area contributed by atoms with E-state index >= 15 is 0 Å². The quantitative estimate of drug-likeness (QED) is 0.175. The average molecular weight is 405 g/mol. The lowest BCUT2D eigenvalue weighted by molar-refractivity contribution is 0.106. The first kappa shape index (κ1) is 23.3. The maximum absolute atomic E-state index is 6.45. The Hall–Kier alpha value is -0.0231. The topological polar surface area (TPSA) is 62.0 Å². The van der Waals surface area contributed by atoms with Crippen molar-refractivity contribution in [3.63, 3.8) is 0 Å². The highest BCUT2D eigenvalue weighted by Gasteiger charge is 2.37. The van der Waals surface area contributed by atoms with Crippen molar-refractivity contribution in [2.24, 2.45) is 0 Å². The highest BCUT2D eigenvalue weighted by Crippen LogP contribution is 2.25. The Balaban J connectivity index is 1.74. The molecule has 6 nitrogen and oxygen atoms in total. The number of unbranched alkanes of at least 4 members (excludes halogenated alkanes) is 2. The fraction of sp³-hybridized carbons (Fsp3) is 1.00. The summed E-state index contributed by atoms with van der Waals surface area (Å²) in [6.45, 7) is 10.7. The molecule has 0 radical (unpaired) electrons. The van der Waals surface area contributed by atoms with E-state index in [-0.39, 0.29) is 0 Å². The van der Waals surface area contributed by atoms with E-state index in [1.54, 1.807) is 0 Å². The molecule has 0 aliphatic carbocycles. The molecule has 2 aliphatic heterocycles. The Morgan fingerprint density at radius 3 is 1.52 bits per heavy atom. The summed E-state index contributed by atoms with van der Waals surface area (Å²) in [6, 6.07) is 2.00. The molecule has 27 heavy (non-hydrogen) atoms. The average Bonchev–Trinajstić information content (AvgIpc) is 3.56. The normalized spacial score (nSPS) is 21.6. The minimum absolute atomic E-state index is 0.334. The van der Waals surface area contributed by atoms with Crippen LogP contribution in [-0.2, 0) is 27.8 Å². The van der Waals surface area contributed by atoms with Gasteiger partial charge in [-0.3, -0.25) is 0 Å². The molecule has 2 rings (SSSR count). The lowest BCUT2D eigenvalue weighted by atomic mass is 10.4. The van der Waals surface area contributed by atoms with E-state index in [1.807, 2.05) is 0 Å². The number of rotatable bonds is 20. The Labute approximate surface area is 166 Å². The zero-order valence-corrected chi connectivity index (χ0v) is 18.4. The molecule has 2 atom stereocenters. The Morgan fingerprint density at radius 1 is 0.704 bits per heavy atom. The lowest BCUT2D eigenvalue weighted by Gasteiger charge is -2.31. The summed E-state index contributed by atoms with van der Waals surface area (Å²) in [4.78, 5) is 0. The van der Waals surface area contributed by atoms with E-state index in [2.05, 4.69) is 13.8 Å². The van der Waals surface area contributed by atoms with E-state index in [4.69, 9.17) is 27.8 Å². The summed E-state index contributed by atoms with van der Waals surface area (Å²) in [6.07, 6.45) is 7.14. The zero-order valence-electron chi connectivity index (χ0n) is 17.4. The highest BCUT2D eigenvalue weighted by molar-refractivity contribution is 6.67. The molecule has 0 aromatic carbocycles. The van der Waals surface area contributed by atoms with Gasteiger partial charge in [-0.25, -0.2) is 0 Å². The van der Waals surface area contributed by atoms with Gasteiger partial charge in [-0.15, -0.1) is 0 Å². The van der Waals surface area contributed by atoms with Crippen molar-refractivity contribution >= 4 is 8.56 Å². The molecule has 0 spiro atoms. The fourth-order valence-electron chi connectivity index (χ4n) is 2.91. The second-order valence-corrected chi connectivity index (χ2v) is 11.0. The fourth-order valence-corrected chi connectivity index (χ4v) is 6.21. The molecule has 0 unspecified atom stereocenters. The number of hydrogen-bond acceptors (Lipinski definition) is 6. The van der Waals surface area contributed by atoms with Crippen molar-refractivity contribution in [2.45, 2.75) is 76.7 Å². The predicted molar refractivity (Wildman–Crippen MR) is 107 cm³/mol. The van der Waals surface area contributed by atoms with Gasteiger partial charge in [-0.05, 0) is 37.8 Å². The Kier molecular flexibility index (Phi) is 12.1. The lowest BCUT2D eigenvalue weighted by Crippen LogP contribution is -2.43. The van der Waals surface area contributed by atoms with Crippen LogP contribution in [0.4, 0.5) is 0 Å². The van der Waals surface area contributed by atoms with Gasteiger partial charge in [0.1, 0.15) is 12.2 Å². The van der Waals surface area contributed by atoms with E-state index in [0.717, 1.165) is 103 Å². The minimum Gasteiger partial charge on any atom is -0.394 e. The van der Waals surface area contributed by atoms with Crippen molar-refractivity contribution < 1.29 is 27.8 Å². The molecule has 0 N–H and O–H groups in total. The number of hydrogen-bond donors (Lipinski definition) is 0. The van der Waals surface area contributed by atoms with Gasteiger partial charge in [-0.2, -0.15) is 0 Å². The molecule has 0 aromatic heterocycles. The maximum Gasteiger partial charge on any atom is 0.338 e. The Bertz CT molecular complexity index is 328. The smallest absolute Gasteiger partial charge is 0.338 e. The first-order valence-corrected chi connectivity index (χ1v) is 13.2. The van der Waals surface area contributed by atoms with Gasteiger partial charge >= 0.3 is 8.56 Å². The van der Waals surface area contributed by atoms with Gasteiger partial charge in [0.15, 0.2) is 0 Å². The van der Waals surface area contributed by atoms with Crippen molar-refractivity contribution in [3.05, 3.63) is 0 Å². The number of ether oxygens (including phenoxy) is 4. The predicted octanol–water partition coefficient (Wildman–Crippen LogP) is 3.67. The third-order valence-corrected chi connectivity index (χ3v) is 8.52. The summed E-state index contributed by atoms with van der Waals surface area (Å²) in [5, 5.41) is 0. The summed E-state index contributed by atoms with van der Waals surface area (Å²) >= 11 is 0. The van der Waals surface area contributed by atoms with Gasteiger partial charge < -0.3 is 27.8 Å². The second kappa shape index (κ2) is 14.0. The summed E-state index contributed by atoms with van der Waals surface area (Å²) < 4.78 is 34.8. The van der Waals surface area contributed by atoms with Crippen LogP contribution in [0.15, 0.2) is 0 Å². The third kappa shape index (κ3) is 11.5. The van der Waals surface area contributed by atoms with Crippen LogP contribution in [0.2, 0.25) is 12.1 Å². The van der Waals surface area contributed by atoms with Gasteiger partial charge in [-0.1, -0.05) is 26.7 Å². The van der Waals surface area contributed by atoms with Crippen LogP contribution in [0, 0.1) is 0 Å². The maximum atomic E-state index is 6.45. The first-order chi connectivity index (χ1) is 13.3. The molecule has 0 aromatic rings. The Morgan fingerprint density at radius 2 is 1.15 bits per heavy atom. The second-order valence-electron chi connectivity index (χ2n) is 7.58. The standard InChI is InChI=1S/C20H40O6Si/c1-3-5-11-25-27(26-12-6-4-2,13-7-9-21-15-19-17-23-19)14-8-10-22-16-20-18-24-20/h19-20H,3-18H2,1-2H3/t19-,20-/m0/s1. The summed E-state index contributed by atoms with van der Waals surface area (Å²) in [7, 11) is -2.22. The van der Waals surface area contributed by atoms with Crippen LogP contribution in [0.25, 0.3) is 0 Å². The van der Waals surface area contributed by atoms with Gasteiger partial charge in [0, 0.05) is 26.4 Å². The van der Waals surface area contributed by atoms with Crippen molar-refractivity contribution in [1.82, 2.24) is 0 Å². The van der Waals surface area contributed by atoms with Gasteiger partial charge in [0.25, 0.3) is 0 Å².